The Morgan fingerprint density at radius 1 is 1.15 bits per heavy atom. The van der Waals surface area contributed by atoms with Crippen LogP contribution >= 0.6 is 0 Å². The number of rotatable bonds is 10. The summed E-state index contributed by atoms with van der Waals surface area (Å²) >= 11 is 0. The van der Waals surface area contributed by atoms with E-state index in [1.165, 1.54) is 48.8 Å². The van der Waals surface area contributed by atoms with Crippen LogP contribution in [0, 0.1) is 17.1 Å². The smallest absolute Gasteiger partial charge is 0.419 e. The second-order valence-corrected chi connectivity index (χ2v) is 12.8. The molecule has 0 saturated heterocycles. The Kier molecular flexibility index (Phi) is 9.30. The number of amides is 2. The number of esters is 1. The lowest BCUT2D eigenvalue weighted by Gasteiger charge is -2.39. The SMILES string of the molecule is CCOC(=O)C(n1cc(C(F)(F)F)cn1)C(C)(C)NC(=O)[C@@H](Cc1cnn(C)c1)N1CCc2c(-c3nc4cn[nH]c4cc3C#N)ccc(F)c2C1=O. The van der Waals surface area contributed by atoms with Crippen molar-refractivity contribution in [3.05, 3.63) is 82.8 Å². The zero-order chi connectivity index (χ0) is 37.5. The van der Waals surface area contributed by atoms with Gasteiger partial charge in [-0.3, -0.25) is 24.1 Å². The number of halogens is 4. The molecule has 52 heavy (non-hydrogen) atoms. The molecule has 5 heterocycles. The largest absolute Gasteiger partial charge is 0.464 e. The van der Waals surface area contributed by atoms with Gasteiger partial charge in [0, 0.05) is 38.0 Å². The van der Waals surface area contributed by atoms with Crippen LogP contribution < -0.4 is 5.32 Å². The molecule has 1 aliphatic heterocycles. The zero-order valence-electron chi connectivity index (χ0n) is 28.3. The number of hydrogen-bond acceptors (Lipinski definition) is 9. The first-order valence-electron chi connectivity index (χ1n) is 16.1. The number of H-pyrrole nitrogens is 1. The molecule has 0 radical (unpaired) electrons. The molecule has 1 aliphatic rings. The summed E-state index contributed by atoms with van der Waals surface area (Å²) in [5.74, 6) is -3.39. The molecule has 4 aromatic heterocycles. The molecule has 2 atom stereocenters. The van der Waals surface area contributed by atoms with Crippen molar-refractivity contribution >= 4 is 28.8 Å². The third-order valence-corrected chi connectivity index (χ3v) is 8.84. The monoisotopic (exact) mass is 720 g/mol. The van der Waals surface area contributed by atoms with Gasteiger partial charge in [-0.2, -0.15) is 33.7 Å². The number of aromatic amines is 1. The summed E-state index contributed by atoms with van der Waals surface area (Å²) in [7, 11) is 1.66. The molecule has 1 unspecified atom stereocenters. The van der Waals surface area contributed by atoms with Gasteiger partial charge in [0.25, 0.3) is 5.91 Å². The standard InChI is InChI=1S/C34H32F4N10O4/c1-5-52-32(51)29(48-17-20(14-42-48)34(36,37)38)33(2,3)44-30(49)26(10-18-13-41-46(4)16-18)47-9-8-21-22(6-7-23(35)27(21)31(47)50)28-19(12-39)11-24-25(43-28)15-40-45-24/h6-7,11,13-17,26,29H,5,8-10H2,1-4H3,(H,40,45)(H,44,49)/t26-,29?/m1/s1. The maximum absolute atomic E-state index is 15.7. The molecule has 0 fully saturated rings. The van der Waals surface area contributed by atoms with Crippen molar-refractivity contribution < 1.29 is 36.7 Å². The molecule has 2 amide bonds. The maximum Gasteiger partial charge on any atom is 0.419 e. The van der Waals surface area contributed by atoms with Gasteiger partial charge < -0.3 is 15.0 Å². The number of benzene rings is 1. The Balaban J connectivity index is 1.37. The lowest BCUT2D eigenvalue weighted by atomic mass is 9.88. The van der Waals surface area contributed by atoms with Crippen LogP contribution in [0.15, 0.2) is 49.2 Å². The van der Waals surface area contributed by atoms with Crippen LogP contribution in [0.3, 0.4) is 0 Å². The maximum atomic E-state index is 15.7. The molecule has 0 saturated carbocycles. The number of hydrogen-bond donors (Lipinski definition) is 2. The fourth-order valence-electron chi connectivity index (χ4n) is 6.47. The van der Waals surface area contributed by atoms with Crippen LogP contribution in [0.2, 0.25) is 0 Å². The Hall–Kier alpha value is -6.12. The summed E-state index contributed by atoms with van der Waals surface area (Å²) in [4.78, 5) is 47.6. The van der Waals surface area contributed by atoms with Crippen molar-refractivity contribution in [1.29, 1.82) is 5.26 Å². The van der Waals surface area contributed by atoms with Crippen LogP contribution in [-0.4, -0.2) is 82.2 Å². The van der Waals surface area contributed by atoms with E-state index in [-0.39, 0.29) is 42.8 Å². The van der Waals surface area contributed by atoms with Gasteiger partial charge in [0.05, 0.1) is 58.6 Å². The van der Waals surface area contributed by atoms with Crippen molar-refractivity contribution in [2.45, 2.75) is 57.4 Å². The second kappa shape index (κ2) is 13.5. The highest BCUT2D eigenvalue weighted by Crippen LogP contribution is 2.36. The Morgan fingerprint density at radius 2 is 1.92 bits per heavy atom. The number of nitriles is 1. The Morgan fingerprint density at radius 3 is 2.58 bits per heavy atom. The van der Waals surface area contributed by atoms with E-state index in [1.54, 1.807) is 19.3 Å². The number of pyridine rings is 1. The number of ether oxygens (including phenoxy) is 1. The van der Waals surface area contributed by atoms with Gasteiger partial charge in [0.2, 0.25) is 5.91 Å². The first-order valence-corrected chi connectivity index (χ1v) is 16.1. The highest BCUT2D eigenvalue weighted by Gasteiger charge is 2.45. The topological polar surface area (TPSA) is 177 Å². The van der Waals surface area contributed by atoms with E-state index in [2.05, 4.69) is 36.8 Å². The number of carbonyl (C=O) groups is 3. The Labute approximate surface area is 293 Å². The molecule has 14 nitrogen and oxygen atoms in total. The van der Waals surface area contributed by atoms with Crippen molar-refractivity contribution in [2.75, 3.05) is 13.2 Å². The quantitative estimate of drug-likeness (QED) is 0.160. The molecule has 0 aliphatic carbocycles. The summed E-state index contributed by atoms with van der Waals surface area (Å²) in [6.45, 7) is 4.18. The summed E-state index contributed by atoms with van der Waals surface area (Å²) < 4.78 is 63.6. The zero-order valence-corrected chi connectivity index (χ0v) is 28.3. The van der Waals surface area contributed by atoms with Gasteiger partial charge in [-0.05, 0) is 56.5 Å². The third kappa shape index (κ3) is 6.68. The molecule has 18 heteroatoms. The van der Waals surface area contributed by atoms with E-state index >= 15 is 4.39 Å². The fraction of sp³-hybridized carbons (Fsp3) is 0.353. The number of nitrogens with zero attached hydrogens (tertiary/aromatic N) is 8. The third-order valence-electron chi connectivity index (χ3n) is 8.84. The molecule has 0 bridgehead atoms. The Bertz CT molecular complexity index is 2230. The molecular formula is C34H32F4N10O4. The van der Waals surface area contributed by atoms with Crippen LogP contribution in [0.5, 0.6) is 0 Å². The van der Waals surface area contributed by atoms with Crippen molar-refractivity contribution in [3.8, 4) is 17.3 Å². The van der Waals surface area contributed by atoms with Crippen LogP contribution in [0.25, 0.3) is 22.3 Å². The van der Waals surface area contributed by atoms with E-state index in [9.17, 15) is 32.8 Å². The summed E-state index contributed by atoms with van der Waals surface area (Å²) in [5.41, 5.74) is -0.445. The molecule has 1 aromatic carbocycles. The lowest BCUT2D eigenvalue weighted by Crippen LogP contribution is -2.60. The van der Waals surface area contributed by atoms with E-state index in [4.69, 9.17) is 4.74 Å². The van der Waals surface area contributed by atoms with Gasteiger partial charge >= 0.3 is 12.1 Å². The minimum absolute atomic E-state index is 0.0632. The number of nitrogens with one attached hydrogen (secondary N) is 2. The number of fused-ring (bicyclic) bond motifs is 2. The highest BCUT2D eigenvalue weighted by molar-refractivity contribution is 6.02. The van der Waals surface area contributed by atoms with E-state index in [0.717, 1.165) is 10.7 Å². The average molecular weight is 721 g/mol. The van der Waals surface area contributed by atoms with E-state index in [0.29, 0.717) is 40.1 Å². The number of alkyl halides is 3. The average Bonchev–Trinajstić information content (AvgIpc) is 3.84. The molecule has 5 aromatic rings. The summed E-state index contributed by atoms with van der Waals surface area (Å²) in [5, 5.41) is 27.3. The molecule has 6 rings (SSSR count). The highest BCUT2D eigenvalue weighted by atomic mass is 19.4. The fourth-order valence-corrected chi connectivity index (χ4v) is 6.47. The van der Waals surface area contributed by atoms with Crippen LogP contribution in [-0.2, 0) is 40.4 Å². The van der Waals surface area contributed by atoms with E-state index in [1.807, 2.05) is 0 Å². The minimum Gasteiger partial charge on any atom is -0.464 e. The predicted molar refractivity (Wildman–Crippen MR) is 175 cm³/mol. The first kappa shape index (κ1) is 35.7. The molecule has 2 N–H and O–H groups in total. The number of aryl methyl sites for hydroxylation is 1. The normalized spacial score (nSPS) is 14.5. The minimum atomic E-state index is -4.75. The van der Waals surface area contributed by atoms with Gasteiger partial charge in [-0.1, -0.05) is 0 Å². The van der Waals surface area contributed by atoms with Gasteiger partial charge in [-0.25, -0.2) is 14.2 Å². The number of aromatic nitrogens is 7. The van der Waals surface area contributed by atoms with Crippen LogP contribution in [0.4, 0.5) is 17.6 Å². The molecular weight excluding hydrogens is 688 g/mol. The summed E-state index contributed by atoms with van der Waals surface area (Å²) in [6.07, 6.45) is 1.05. The summed E-state index contributed by atoms with van der Waals surface area (Å²) in [6, 6.07) is 3.34. The molecule has 270 valence electrons. The molecule has 0 spiro atoms. The predicted octanol–water partition coefficient (Wildman–Crippen LogP) is 3.89. The second-order valence-electron chi connectivity index (χ2n) is 12.8. The van der Waals surface area contributed by atoms with Crippen molar-refractivity contribution in [1.82, 2.24) is 45.0 Å². The lowest BCUT2D eigenvalue weighted by molar-refractivity contribution is -0.151. The van der Waals surface area contributed by atoms with Gasteiger partial charge in [0.15, 0.2) is 6.04 Å². The van der Waals surface area contributed by atoms with Gasteiger partial charge in [0.1, 0.15) is 23.4 Å². The first-order chi connectivity index (χ1) is 24.6. The van der Waals surface area contributed by atoms with Crippen molar-refractivity contribution in [2.24, 2.45) is 7.05 Å². The van der Waals surface area contributed by atoms with Crippen LogP contribution in [0.1, 0.15) is 59.4 Å². The van der Waals surface area contributed by atoms with E-state index < -0.39 is 53.0 Å². The van der Waals surface area contributed by atoms with Gasteiger partial charge in [-0.15, -0.1) is 0 Å². The number of carbonyl (C=O) groups excluding carboxylic acids is 3. The van der Waals surface area contributed by atoms with Crippen molar-refractivity contribution in [3.63, 3.8) is 0 Å².